The Morgan fingerprint density at radius 3 is 2.53 bits per heavy atom. The Bertz CT molecular complexity index is 344. The highest BCUT2D eigenvalue weighted by atomic mass is 32.2. The van der Waals surface area contributed by atoms with E-state index >= 15 is 0 Å². The first-order valence-electron chi connectivity index (χ1n) is 4.77. The molecule has 0 bridgehead atoms. The average molecular weight is 236 g/mol. The maximum Gasteiger partial charge on any atom is 0.309 e. The van der Waals surface area contributed by atoms with E-state index in [4.69, 9.17) is 4.74 Å². The van der Waals surface area contributed by atoms with Gasteiger partial charge < -0.3 is 4.74 Å². The molecule has 1 atom stereocenters. The molecule has 1 fully saturated rings. The SMILES string of the molecule is CC1(C)CC(CCOS(C)(=O)=O)C(=O)O1. The monoisotopic (exact) mass is 236 g/mol. The average Bonchev–Trinajstić information content (AvgIpc) is 2.22. The second kappa shape index (κ2) is 4.09. The van der Waals surface area contributed by atoms with Gasteiger partial charge in [-0.3, -0.25) is 8.98 Å². The summed E-state index contributed by atoms with van der Waals surface area (Å²) in [6, 6.07) is 0. The zero-order chi connectivity index (χ0) is 11.7. The van der Waals surface area contributed by atoms with Gasteiger partial charge in [-0.2, -0.15) is 8.42 Å². The molecule has 88 valence electrons. The van der Waals surface area contributed by atoms with E-state index in [2.05, 4.69) is 4.18 Å². The molecule has 1 aliphatic rings. The molecule has 1 aliphatic heterocycles. The van der Waals surface area contributed by atoms with Crippen molar-refractivity contribution < 1.29 is 22.1 Å². The third-order valence-corrected chi connectivity index (χ3v) is 2.81. The Morgan fingerprint density at radius 2 is 2.13 bits per heavy atom. The molecule has 0 aliphatic carbocycles. The van der Waals surface area contributed by atoms with Gasteiger partial charge in [0.1, 0.15) is 5.60 Å². The molecule has 0 amide bonds. The fraction of sp³-hybridized carbons (Fsp3) is 0.889. The topological polar surface area (TPSA) is 69.7 Å². The lowest BCUT2D eigenvalue weighted by atomic mass is 9.95. The van der Waals surface area contributed by atoms with Crippen LogP contribution in [-0.2, 0) is 23.8 Å². The van der Waals surface area contributed by atoms with Gasteiger partial charge in [0.05, 0.1) is 18.8 Å². The smallest absolute Gasteiger partial charge is 0.309 e. The first kappa shape index (κ1) is 12.4. The molecule has 0 spiro atoms. The number of rotatable bonds is 4. The molecular formula is C9H16O5S. The summed E-state index contributed by atoms with van der Waals surface area (Å²) in [6.45, 7) is 3.71. The maximum atomic E-state index is 11.3. The predicted octanol–water partition coefficient (Wildman–Crippen LogP) is 0.694. The van der Waals surface area contributed by atoms with E-state index in [1.54, 1.807) is 0 Å². The number of hydrogen-bond donors (Lipinski definition) is 0. The van der Waals surface area contributed by atoms with Crippen LogP contribution in [0.3, 0.4) is 0 Å². The van der Waals surface area contributed by atoms with Crippen molar-refractivity contribution in [1.29, 1.82) is 0 Å². The molecule has 1 rings (SSSR count). The van der Waals surface area contributed by atoms with E-state index in [0.717, 1.165) is 6.26 Å². The van der Waals surface area contributed by atoms with Crippen LogP contribution in [0.5, 0.6) is 0 Å². The highest BCUT2D eigenvalue weighted by Crippen LogP contribution is 2.32. The first-order valence-corrected chi connectivity index (χ1v) is 6.58. The van der Waals surface area contributed by atoms with Crippen molar-refractivity contribution >= 4 is 16.1 Å². The Hall–Kier alpha value is -0.620. The minimum Gasteiger partial charge on any atom is -0.459 e. The minimum absolute atomic E-state index is 0.0364. The lowest BCUT2D eigenvalue weighted by Gasteiger charge is -2.14. The molecule has 1 unspecified atom stereocenters. The molecule has 0 N–H and O–H groups in total. The van der Waals surface area contributed by atoms with Crippen LogP contribution in [0.2, 0.25) is 0 Å². The van der Waals surface area contributed by atoms with Crippen LogP contribution in [0.15, 0.2) is 0 Å². The third-order valence-electron chi connectivity index (χ3n) is 2.21. The van der Waals surface area contributed by atoms with Crippen molar-refractivity contribution in [3.8, 4) is 0 Å². The standard InChI is InChI=1S/C9H16O5S/c1-9(2)6-7(8(10)14-9)4-5-13-15(3,11)12/h7H,4-6H2,1-3H3. The Kier molecular flexibility index (Phi) is 3.40. The lowest BCUT2D eigenvalue weighted by Crippen LogP contribution is -2.17. The van der Waals surface area contributed by atoms with E-state index in [-0.39, 0.29) is 18.5 Å². The second-order valence-electron chi connectivity index (χ2n) is 4.40. The van der Waals surface area contributed by atoms with Crippen molar-refractivity contribution in [2.75, 3.05) is 12.9 Å². The predicted molar refractivity (Wildman–Crippen MR) is 53.7 cm³/mol. The molecule has 0 saturated carbocycles. The summed E-state index contributed by atoms with van der Waals surface area (Å²) in [7, 11) is -3.41. The van der Waals surface area contributed by atoms with Crippen LogP contribution in [0.25, 0.3) is 0 Å². The van der Waals surface area contributed by atoms with Crippen molar-refractivity contribution in [2.24, 2.45) is 5.92 Å². The third kappa shape index (κ3) is 4.17. The quantitative estimate of drug-likeness (QED) is 0.530. The summed E-state index contributed by atoms with van der Waals surface area (Å²) in [5.41, 5.74) is -0.438. The van der Waals surface area contributed by atoms with Gasteiger partial charge in [0.15, 0.2) is 0 Å². The van der Waals surface area contributed by atoms with Crippen molar-refractivity contribution in [1.82, 2.24) is 0 Å². The Morgan fingerprint density at radius 1 is 1.53 bits per heavy atom. The van der Waals surface area contributed by atoms with Gasteiger partial charge in [0.25, 0.3) is 10.1 Å². The number of esters is 1. The summed E-state index contributed by atoms with van der Waals surface area (Å²) < 4.78 is 31.0. The highest BCUT2D eigenvalue weighted by Gasteiger charge is 2.39. The largest absolute Gasteiger partial charge is 0.459 e. The van der Waals surface area contributed by atoms with E-state index in [1.165, 1.54) is 0 Å². The summed E-state index contributed by atoms with van der Waals surface area (Å²) in [6.07, 6.45) is 1.98. The van der Waals surface area contributed by atoms with Crippen LogP contribution < -0.4 is 0 Å². The van der Waals surface area contributed by atoms with Gasteiger partial charge in [0, 0.05) is 0 Å². The Balaban J connectivity index is 2.38. The number of hydrogen-bond acceptors (Lipinski definition) is 5. The normalized spacial score (nSPS) is 25.3. The van der Waals surface area contributed by atoms with Crippen LogP contribution in [0.4, 0.5) is 0 Å². The maximum absolute atomic E-state index is 11.3. The van der Waals surface area contributed by atoms with Crippen molar-refractivity contribution in [2.45, 2.75) is 32.3 Å². The fourth-order valence-electron chi connectivity index (χ4n) is 1.64. The zero-order valence-corrected chi connectivity index (χ0v) is 9.96. The molecule has 0 aromatic rings. The highest BCUT2D eigenvalue weighted by molar-refractivity contribution is 7.85. The summed E-state index contributed by atoms with van der Waals surface area (Å²) in [5, 5.41) is 0. The molecule has 0 aromatic heterocycles. The molecule has 1 saturated heterocycles. The second-order valence-corrected chi connectivity index (χ2v) is 6.04. The number of cyclic esters (lactones) is 1. The first-order chi connectivity index (χ1) is 6.70. The van der Waals surface area contributed by atoms with Gasteiger partial charge in [-0.25, -0.2) is 0 Å². The van der Waals surface area contributed by atoms with E-state index in [1.807, 2.05) is 13.8 Å². The number of ether oxygens (including phenoxy) is 1. The molecular weight excluding hydrogens is 220 g/mol. The van der Waals surface area contributed by atoms with Crippen molar-refractivity contribution in [3.63, 3.8) is 0 Å². The van der Waals surface area contributed by atoms with E-state index in [0.29, 0.717) is 12.8 Å². The van der Waals surface area contributed by atoms with Crippen LogP contribution >= 0.6 is 0 Å². The summed E-state index contributed by atoms with van der Waals surface area (Å²) in [5.74, 6) is -0.515. The van der Waals surface area contributed by atoms with Crippen LogP contribution in [-0.4, -0.2) is 32.9 Å². The Labute approximate surface area is 89.9 Å². The summed E-state index contributed by atoms with van der Waals surface area (Å²) >= 11 is 0. The van der Waals surface area contributed by atoms with E-state index < -0.39 is 15.7 Å². The van der Waals surface area contributed by atoms with Gasteiger partial charge >= 0.3 is 5.97 Å². The van der Waals surface area contributed by atoms with Gasteiger partial charge in [-0.15, -0.1) is 0 Å². The molecule has 5 nitrogen and oxygen atoms in total. The van der Waals surface area contributed by atoms with Gasteiger partial charge in [-0.1, -0.05) is 0 Å². The van der Waals surface area contributed by atoms with E-state index in [9.17, 15) is 13.2 Å². The molecule has 1 heterocycles. The molecule has 15 heavy (non-hydrogen) atoms. The lowest BCUT2D eigenvalue weighted by molar-refractivity contribution is -0.148. The minimum atomic E-state index is -3.41. The van der Waals surface area contributed by atoms with Gasteiger partial charge in [-0.05, 0) is 26.7 Å². The zero-order valence-electron chi connectivity index (χ0n) is 9.15. The summed E-state index contributed by atoms with van der Waals surface area (Å²) in [4.78, 5) is 11.3. The molecule has 0 radical (unpaired) electrons. The van der Waals surface area contributed by atoms with Crippen LogP contribution in [0, 0.1) is 5.92 Å². The van der Waals surface area contributed by atoms with Gasteiger partial charge in [0.2, 0.25) is 0 Å². The van der Waals surface area contributed by atoms with Crippen molar-refractivity contribution in [3.05, 3.63) is 0 Å². The molecule has 6 heteroatoms. The number of carbonyl (C=O) groups is 1. The molecule has 0 aromatic carbocycles. The fourth-order valence-corrected chi connectivity index (χ4v) is 2.03. The number of carbonyl (C=O) groups excluding carboxylic acids is 1. The van der Waals surface area contributed by atoms with Crippen LogP contribution in [0.1, 0.15) is 26.7 Å².